The van der Waals surface area contributed by atoms with E-state index < -0.39 is 0 Å². The van der Waals surface area contributed by atoms with Crippen molar-refractivity contribution < 1.29 is 19.0 Å². The first-order valence-electron chi connectivity index (χ1n) is 8.48. The normalized spacial score (nSPS) is 11.7. The van der Waals surface area contributed by atoms with Crippen molar-refractivity contribution in [3.05, 3.63) is 72.3 Å². The lowest BCUT2D eigenvalue weighted by Gasteiger charge is -2.12. The van der Waals surface area contributed by atoms with Crippen molar-refractivity contribution in [1.82, 2.24) is 0 Å². The van der Waals surface area contributed by atoms with Gasteiger partial charge in [-0.05, 0) is 55.0 Å². The molecule has 3 aromatic carbocycles. The molecule has 0 saturated carbocycles. The Bertz CT molecular complexity index is 973. The number of aryl methyl sites for hydroxylation is 1. The number of fused-ring (bicyclic) bond motifs is 1. The second-order valence-corrected chi connectivity index (χ2v) is 6.04. The van der Waals surface area contributed by atoms with E-state index in [9.17, 15) is 4.79 Å². The van der Waals surface area contributed by atoms with Crippen LogP contribution in [0.15, 0.2) is 66.7 Å². The Morgan fingerprint density at radius 3 is 2.37 bits per heavy atom. The van der Waals surface area contributed by atoms with Gasteiger partial charge in [0.2, 0.25) is 6.79 Å². The van der Waals surface area contributed by atoms with E-state index in [1.165, 1.54) is 0 Å². The molecular formula is C21H18N2O4. The van der Waals surface area contributed by atoms with Crippen LogP contribution in [-0.2, 0) is 0 Å². The average Bonchev–Trinajstić information content (AvgIpc) is 3.12. The van der Waals surface area contributed by atoms with Crippen molar-refractivity contribution in [2.75, 3.05) is 17.4 Å². The van der Waals surface area contributed by atoms with Gasteiger partial charge in [-0.25, -0.2) is 4.79 Å². The van der Waals surface area contributed by atoms with Gasteiger partial charge < -0.3 is 24.8 Å². The smallest absolute Gasteiger partial charge is 0.323 e. The standard InChI is InChI=1S/C21H18N2O4/c1-14-11-15(7-9-18(14)27-17-5-3-2-4-6-17)22-21(24)23-16-8-10-19-20(12-16)26-13-25-19/h2-12H,13H2,1H3,(H2,22,23,24). The molecule has 0 bridgehead atoms. The van der Waals surface area contributed by atoms with Gasteiger partial charge in [0.05, 0.1) is 0 Å². The zero-order chi connectivity index (χ0) is 18.6. The van der Waals surface area contributed by atoms with E-state index >= 15 is 0 Å². The molecule has 1 aliphatic rings. The van der Waals surface area contributed by atoms with Crippen molar-refractivity contribution in [3.8, 4) is 23.0 Å². The number of nitrogens with one attached hydrogen (secondary N) is 2. The van der Waals surface area contributed by atoms with Gasteiger partial charge in [-0.15, -0.1) is 0 Å². The summed E-state index contributed by atoms with van der Waals surface area (Å²) in [4.78, 5) is 12.2. The van der Waals surface area contributed by atoms with E-state index in [4.69, 9.17) is 14.2 Å². The lowest BCUT2D eigenvalue weighted by atomic mass is 10.2. The highest BCUT2D eigenvalue weighted by atomic mass is 16.7. The first kappa shape index (κ1) is 16.8. The molecule has 0 aromatic heterocycles. The summed E-state index contributed by atoms with van der Waals surface area (Å²) >= 11 is 0. The Balaban J connectivity index is 1.40. The number of hydrogen-bond donors (Lipinski definition) is 2. The second-order valence-electron chi connectivity index (χ2n) is 6.04. The molecule has 0 saturated heterocycles. The molecule has 0 aliphatic carbocycles. The number of carbonyl (C=O) groups is 1. The topological polar surface area (TPSA) is 68.8 Å². The minimum absolute atomic E-state index is 0.196. The van der Waals surface area contributed by atoms with Crippen LogP contribution in [0.3, 0.4) is 0 Å². The van der Waals surface area contributed by atoms with Crippen LogP contribution < -0.4 is 24.8 Å². The Hall–Kier alpha value is -3.67. The first-order valence-corrected chi connectivity index (χ1v) is 8.48. The highest BCUT2D eigenvalue weighted by Gasteiger charge is 2.14. The number of ether oxygens (including phenoxy) is 3. The predicted molar refractivity (Wildman–Crippen MR) is 103 cm³/mol. The van der Waals surface area contributed by atoms with Crippen molar-refractivity contribution >= 4 is 17.4 Å². The summed E-state index contributed by atoms with van der Waals surface area (Å²) in [6.45, 7) is 2.13. The molecule has 0 fully saturated rings. The van der Waals surface area contributed by atoms with Crippen LogP contribution in [-0.4, -0.2) is 12.8 Å². The molecule has 2 amide bonds. The maximum absolute atomic E-state index is 12.2. The molecule has 1 aliphatic heterocycles. The maximum Gasteiger partial charge on any atom is 0.323 e. The van der Waals surface area contributed by atoms with Gasteiger partial charge in [0.1, 0.15) is 11.5 Å². The Morgan fingerprint density at radius 2 is 1.59 bits per heavy atom. The summed E-state index contributed by atoms with van der Waals surface area (Å²) in [7, 11) is 0. The van der Waals surface area contributed by atoms with Crippen LogP contribution in [0, 0.1) is 6.92 Å². The zero-order valence-electron chi connectivity index (χ0n) is 14.7. The van der Waals surface area contributed by atoms with Gasteiger partial charge in [0, 0.05) is 17.4 Å². The van der Waals surface area contributed by atoms with Crippen molar-refractivity contribution in [2.45, 2.75) is 6.92 Å². The number of rotatable bonds is 4. The predicted octanol–water partition coefficient (Wildman–Crippen LogP) is 5.16. The number of para-hydroxylation sites is 1. The van der Waals surface area contributed by atoms with Gasteiger partial charge in [-0.2, -0.15) is 0 Å². The summed E-state index contributed by atoms with van der Waals surface area (Å²) in [5.74, 6) is 2.79. The summed E-state index contributed by atoms with van der Waals surface area (Å²) < 4.78 is 16.4. The number of carbonyl (C=O) groups excluding carboxylic acids is 1. The first-order chi connectivity index (χ1) is 13.2. The molecule has 136 valence electrons. The SMILES string of the molecule is Cc1cc(NC(=O)Nc2ccc3c(c2)OCO3)ccc1Oc1ccccc1. The van der Waals surface area contributed by atoms with Crippen LogP contribution in [0.5, 0.6) is 23.0 Å². The summed E-state index contributed by atoms with van der Waals surface area (Å²) in [5.41, 5.74) is 2.21. The number of anilines is 2. The number of urea groups is 1. The molecule has 0 atom stereocenters. The fourth-order valence-electron chi connectivity index (χ4n) is 2.72. The molecule has 4 rings (SSSR count). The number of benzene rings is 3. The third kappa shape index (κ3) is 3.95. The van der Waals surface area contributed by atoms with Gasteiger partial charge in [0.15, 0.2) is 11.5 Å². The van der Waals surface area contributed by atoms with E-state index in [0.29, 0.717) is 22.9 Å². The van der Waals surface area contributed by atoms with E-state index in [0.717, 1.165) is 17.1 Å². The highest BCUT2D eigenvalue weighted by Crippen LogP contribution is 2.34. The van der Waals surface area contributed by atoms with Gasteiger partial charge in [0.25, 0.3) is 0 Å². The molecule has 6 heteroatoms. The van der Waals surface area contributed by atoms with Crippen LogP contribution in [0.1, 0.15) is 5.56 Å². The fraction of sp³-hybridized carbons (Fsp3) is 0.0952. The third-order valence-electron chi connectivity index (χ3n) is 4.03. The largest absolute Gasteiger partial charge is 0.457 e. The van der Waals surface area contributed by atoms with Crippen molar-refractivity contribution in [1.29, 1.82) is 0 Å². The van der Waals surface area contributed by atoms with E-state index in [1.807, 2.05) is 49.4 Å². The molecule has 6 nitrogen and oxygen atoms in total. The second kappa shape index (κ2) is 7.29. The lowest BCUT2D eigenvalue weighted by molar-refractivity contribution is 0.174. The Morgan fingerprint density at radius 1 is 0.889 bits per heavy atom. The van der Waals surface area contributed by atoms with Crippen LogP contribution >= 0.6 is 0 Å². The number of amides is 2. The quantitative estimate of drug-likeness (QED) is 0.673. The molecule has 0 radical (unpaired) electrons. The van der Waals surface area contributed by atoms with Crippen LogP contribution in [0.2, 0.25) is 0 Å². The van der Waals surface area contributed by atoms with Crippen LogP contribution in [0.25, 0.3) is 0 Å². The molecule has 0 spiro atoms. The van der Waals surface area contributed by atoms with Crippen molar-refractivity contribution in [2.24, 2.45) is 0 Å². The van der Waals surface area contributed by atoms with Crippen LogP contribution in [0.4, 0.5) is 16.2 Å². The molecular weight excluding hydrogens is 344 g/mol. The lowest BCUT2D eigenvalue weighted by Crippen LogP contribution is -2.19. The summed E-state index contributed by atoms with van der Waals surface area (Å²) in [6, 6.07) is 19.9. The highest BCUT2D eigenvalue weighted by molar-refractivity contribution is 6.00. The molecule has 0 unspecified atom stereocenters. The molecule has 27 heavy (non-hydrogen) atoms. The molecule has 1 heterocycles. The summed E-state index contributed by atoms with van der Waals surface area (Å²) in [5, 5.41) is 5.59. The fourth-order valence-corrected chi connectivity index (χ4v) is 2.72. The molecule has 2 N–H and O–H groups in total. The number of hydrogen-bond acceptors (Lipinski definition) is 4. The van der Waals surface area contributed by atoms with Gasteiger partial charge in [-0.1, -0.05) is 18.2 Å². The Kier molecular flexibility index (Phi) is 4.53. The maximum atomic E-state index is 12.2. The van der Waals surface area contributed by atoms with E-state index in [2.05, 4.69) is 10.6 Å². The zero-order valence-corrected chi connectivity index (χ0v) is 14.7. The monoisotopic (exact) mass is 362 g/mol. The summed E-state index contributed by atoms with van der Waals surface area (Å²) in [6.07, 6.45) is 0. The van der Waals surface area contributed by atoms with Gasteiger partial charge >= 0.3 is 6.03 Å². The average molecular weight is 362 g/mol. The van der Waals surface area contributed by atoms with Gasteiger partial charge in [-0.3, -0.25) is 0 Å². The Labute approximate surface area is 156 Å². The van der Waals surface area contributed by atoms with E-state index in [1.54, 1.807) is 24.3 Å². The van der Waals surface area contributed by atoms with E-state index in [-0.39, 0.29) is 12.8 Å². The molecule has 3 aromatic rings. The van der Waals surface area contributed by atoms with Crippen molar-refractivity contribution in [3.63, 3.8) is 0 Å². The minimum atomic E-state index is -0.343. The minimum Gasteiger partial charge on any atom is -0.457 e. The third-order valence-corrected chi connectivity index (χ3v) is 4.03.